The van der Waals surface area contributed by atoms with Crippen molar-refractivity contribution in [2.75, 3.05) is 0 Å². The summed E-state index contributed by atoms with van der Waals surface area (Å²) in [4.78, 5) is 0. The summed E-state index contributed by atoms with van der Waals surface area (Å²) in [5.41, 5.74) is 3.81. The van der Waals surface area contributed by atoms with Crippen molar-refractivity contribution >= 4 is 11.6 Å². The highest BCUT2D eigenvalue weighted by Crippen LogP contribution is 2.29. The Labute approximate surface area is 95.8 Å². The van der Waals surface area contributed by atoms with Gasteiger partial charge in [-0.15, -0.1) is 0 Å². The number of hydrogen-bond donors (Lipinski definition) is 2. The second-order valence-corrected chi connectivity index (χ2v) is 4.13. The first-order valence-electron chi connectivity index (χ1n) is 5.32. The second-order valence-electron chi connectivity index (χ2n) is 3.72. The molecule has 1 heterocycles. The fourth-order valence-electron chi connectivity index (χ4n) is 1.68. The third kappa shape index (κ3) is 2.51. The van der Waals surface area contributed by atoms with Crippen LogP contribution in [0.15, 0.2) is 6.20 Å². The summed E-state index contributed by atoms with van der Waals surface area (Å²) in [5.74, 6) is 6.01. The van der Waals surface area contributed by atoms with E-state index in [4.69, 9.17) is 17.4 Å². The Morgan fingerprint density at radius 3 is 2.73 bits per heavy atom. The molecule has 0 aliphatic heterocycles. The first-order valence-corrected chi connectivity index (χ1v) is 5.70. The normalized spacial score (nSPS) is 15.3. The highest BCUT2D eigenvalue weighted by atomic mass is 35.5. The van der Waals surface area contributed by atoms with Gasteiger partial charge in [-0.25, -0.2) is 0 Å². The van der Waals surface area contributed by atoms with Gasteiger partial charge in [0.15, 0.2) is 0 Å². The van der Waals surface area contributed by atoms with Gasteiger partial charge in [-0.2, -0.15) is 5.10 Å². The molecule has 0 amide bonds. The predicted octanol–water partition coefficient (Wildman–Crippen LogP) is 2.11. The zero-order chi connectivity index (χ0) is 11.4. The highest BCUT2D eigenvalue weighted by Gasteiger charge is 2.23. The maximum absolute atomic E-state index is 6.12. The van der Waals surface area contributed by atoms with Crippen LogP contribution in [0.4, 0.5) is 0 Å². The van der Waals surface area contributed by atoms with Crippen LogP contribution in [0.2, 0.25) is 5.02 Å². The van der Waals surface area contributed by atoms with E-state index in [9.17, 15) is 0 Å². The maximum Gasteiger partial charge on any atom is 0.0834 e. The van der Waals surface area contributed by atoms with E-state index in [0.717, 1.165) is 18.7 Å². The Morgan fingerprint density at radius 2 is 2.27 bits per heavy atom. The average Bonchev–Trinajstić information content (AvgIpc) is 2.61. The molecule has 1 rings (SSSR count). The summed E-state index contributed by atoms with van der Waals surface area (Å²) in [6.45, 7) is 7.12. The van der Waals surface area contributed by atoms with Crippen molar-refractivity contribution in [1.29, 1.82) is 0 Å². The fourth-order valence-corrected chi connectivity index (χ4v) is 1.94. The van der Waals surface area contributed by atoms with Crippen LogP contribution in [-0.2, 0) is 6.54 Å². The van der Waals surface area contributed by atoms with Crippen LogP contribution in [0.3, 0.4) is 0 Å². The van der Waals surface area contributed by atoms with Crippen LogP contribution < -0.4 is 11.3 Å². The van der Waals surface area contributed by atoms with Crippen LogP contribution in [0, 0.1) is 5.92 Å². The van der Waals surface area contributed by atoms with Crippen molar-refractivity contribution < 1.29 is 0 Å². The second kappa shape index (κ2) is 5.49. The van der Waals surface area contributed by atoms with Crippen molar-refractivity contribution in [3.63, 3.8) is 0 Å². The molecule has 0 fully saturated rings. The van der Waals surface area contributed by atoms with Gasteiger partial charge < -0.3 is 0 Å². The zero-order valence-corrected chi connectivity index (χ0v) is 10.3. The molecule has 1 aromatic rings. The Balaban J connectivity index is 3.04. The molecule has 2 atom stereocenters. The topological polar surface area (TPSA) is 55.9 Å². The number of hydrazine groups is 1. The number of nitrogens with two attached hydrogens (primary N) is 1. The molecule has 3 N–H and O–H groups in total. The van der Waals surface area contributed by atoms with Crippen LogP contribution >= 0.6 is 11.6 Å². The minimum absolute atomic E-state index is 0.0601. The first-order chi connectivity index (χ1) is 7.15. The van der Waals surface area contributed by atoms with Gasteiger partial charge >= 0.3 is 0 Å². The number of hydrogen-bond acceptors (Lipinski definition) is 3. The Morgan fingerprint density at radius 1 is 1.60 bits per heavy atom. The lowest BCUT2D eigenvalue weighted by atomic mass is 9.97. The minimum Gasteiger partial charge on any atom is -0.271 e. The van der Waals surface area contributed by atoms with Gasteiger partial charge in [-0.1, -0.05) is 31.9 Å². The molecule has 86 valence electrons. The molecule has 0 aliphatic carbocycles. The zero-order valence-electron chi connectivity index (χ0n) is 9.50. The third-order valence-corrected chi connectivity index (χ3v) is 3.11. The molecule has 0 aliphatic rings. The van der Waals surface area contributed by atoms with Gasteiger partial charge in [0.05, 0.1) is 23.0 Å². The number of aromatic nitrogens is 2. The molecule has 0 spiro atoms. The number of nitrogens with zero attached hydrogens (tertiary/aromatic N) is 2. The van der Waals surface area contributed by atoms with Gasteiger partial charge in [0.2, 0.25) is 0 Å². The monoisotopic (exact) mass is 230 g/mol. The van der Waals surface area contributed by atoms with E-state index in [1.807, 2.05) is 11.6 Å². The van der Waals surface area contributed by atoms with Crippen molar-refractivity contribution in [3.8, 4) is 0 Å². The molecule has 0 saturated carbocycles. The molecule has 0 bridgehead atoms. The molecule has 5 heteroatoms. The summed E-state index contributed by atoms with van der Waals surface area (Å²) in [6, 6.07) is 0.0601. The summed E-state index contributed by atoms with van der Waals surface area (Å²) in [7, 11) is 0. The summed E-state index contributed by atoms with van der Waals surface area (Å²) in [5, 5.41) is 4.89. The Kier molecular flexibility index (Phi) is 4.57. The molecule has 2 unspecified atom stereocenters. The quantitative estimate of drug-likeness (QED) is 0.602. The minimum atomic E-state index is 0.0601. The maximum atomic E-state index is 6.12. The first kappa shape index (κ1) is 12.5. The molecule has 4 nitrogen and oxygen atoms in total. The lowest BCUT2D eigenvalue weighted by Crippen LogP contribution is -2.34. The van der Waals surface area contributed by atoms with E-state index in [2.05, 4.69) is 24.4 Å². The summed E-state index contributed by atoms with van der Waals surface area (Å²) < 4.78 is 1.89. The third-order valence-electron chi connectivity index (χ3n) is 2.82. The van der Waals surface area contributed by atoms with Crippen LogP contribution in [-0.4, -0.2) is 9.78 Å². The molecular weight excluding hydrogens is 212 g/mol. The Bertz CT molecular complexity index is 310. The van der Waals surface area contributed by atoms with E-state index in [0.29, 0.717) is 10.9 Å². The van der Waals surface area contributed by atoms with Gasteiger partial charge in [-0.3, -0.25) is 16.0 Å². The molecule has 1 aromatic heterocycles. The van der Waals surface area contributed by atoms with E-state index >= 15 is 0 Å². The molecule has 0 radical (unpaired) electrons. The molecule has 0 aromatic carbocycles. The lowest BCUT2D eigenvalue weighted by molar-refractivity contribution is 0.359. The smallest absolute Gasteiger partial charge is 0.0834 e. The van der Waals surface area contributed by atoms with E-state index in [1.165, 1.54) is 0 Å². The van der Waals surface area contributed by atoms with Crippen LogP contribution in [0.25, 0.3) is 0 Å². The van der Waals surface area contributed by atoms with E-state index in [1.54, 1.807) is 6.20 Å². The average molecular weight is 231 g/mol. The van der Waals surface area contributed by atoms with Crippen molar-refractivity contribution in [1.82, 2.24) is 15.2 Å². The molecular formula is C10H19ClN4. The van der Waals surface area contributed by atoms with Gasteiger partial charge in [0.25, 0.3) is 0 Å². The lowest BCUT2D eigenvalue weighted by Gasteiger charge is -2.23. The summed E-state index contributed by atoms with van der Waals surface area (Å²) >= 11 is 6.12. The van der Waals surface area contributed by atoms with Crippen LogP contribution in [0.5, 0.6) is 0 Å². The largest absolute Gasteiger partial charge is 0.271 e. The van der Waals surface area contributed by atoms with Gasteiger partial charge in [0.1, 0.15) is 0 Å². The van der Waals surface area contributed by atoms with Gasteiger partial charge in [-0.05, 0) is 12.8 Å². The van der Waals surface area contributed by atoms with E-state index in [-0.39, 0.29) is 6.04 Å². The standard InChI is InChI=1S/C10H19ClN4/c1-4-7(3)9(14-12)10-8(11)6-13-15(10)5-2/h6-7,9,14H,4-5,12H2,1-3H3. The number of nitrogens with one attached hydrogen (secondary N) is 1. The van der Waals surface area contributed by atoms with Crippen molar-refractivity contribution in [2.24, 2.45) is 11.8 Å². The fraction of sp³-hybridized carbons (Fsp3) is 0.700. The van der Waals surface area contributed by atoms with Crippen LogP contribution in [0.1, 0.15) is 38.9 Å². The number of rotatable bonds is 5. The Hall–Kier alpha value is -0.580. The van der Waals surface area contributed by atoms with Crippen molar-refractivity contribution in [3.05, 3.63) is 16.9 Å². The van der Waals surface area contributed by atoms with E-state index < -0.39 is 0 Å². The summed E-state index contributed by atoms with van der Waals surface area (Å²) in [6.07, 6.45) is 2.72. The highest BCUT2D eigenvalue weighted by molar-refractivity contribution is 6.31. The number of halogens is 1. The molecule has 0 saturated heterocycles. The number of aryl methyl sites for hydroxylation is 1. The molecule has 15 heavy (non-hydrogen) atoms. The SMILES string of the molecule is CCC(C)C(NN)c1c(Cl)cnn1CC. The van der Waals surface area contributed by atoms with Gasteiger partial charge in [0, 0.05) is 6.54 Å². The predicted molar refractivity (Wildman–Crippen MR) is 62.4 cm³/mol. The van der Waals surface area contributed by atoms with Crippen molar-refractivity contribution in [2.45, 2.75) is 39.8 Å².